The van der Waals surface area contributed by atoms with E-state index in [1.165, 1.54) is 12.1 Å². The molecule has 3 aromatic rings. The molecule has 0 aliphatic rings. The van der Waals surface area contributed by atoms with Crippen LogP contribution in [0.3, 0.4) is 0 Å². The molecule has 1 heterocycles. The van der Waals surface area contributed by atoms with E-state index in [-0.39, 0.29) is 5.82 Å². The molecule has 2 N–H and O–H groups in total. The first-order valence-corrected chi connectivity index (χ1v) is 7.28. The van der Waals surface area contributed by atoms with Crippen molar-refractivity contribution in [3.63, 3.8) is 0 Å². The van der Waals surface area contributed by atoms with Gasteiger partial charge in [-0.2, -0.15) is 5.10 Å². The molecule has 0 spiro atoms. The Labute approximate surface area is 134 Å². The summed E-state index contributed by atoms with van der Waals surface area (Å²) in [5, 5.41) is 5.12. The average molecular weight is 367 g/mol. The molecule has 0 aliphatic carbocycles. The Kier molecular flexibility index (Phi) is 3.69. The smallest absolute Gasteiger partial charge is 0.124 e. The molecule has 0 atom stereocenters. The van der Waals surface area contributed by atoms with Crippen LogP contribution in [-0.4, -0.2) is 9.78 Å². The molecule has 3 rings (SSSR count). The van der Waals surface area contributed by atoms with E-state index in [1.54, 1.807) is 29.1 Å². The summed E-state index contributed by atoms with van der Waals surface area (Å²) in [5.41, 5.74) is 8.71. The van der Waals surface area contributed by atoms with E-state index in [1.807, 2.05) is 12.1 Å². The minimum Gasteiger partial charge on any atom is -0.396 e. The number of benzene rings is 2. The number of nitrogens with zero attached hydrogens (tertiary/aromatic N) is 2. The number of hydrogen-bond donors (Lipinski definition) is 1. The molecule has 0 radical (unpaired) electrons. The van der Waals surface area contributed by atoms with E-state index in [4.69, 9.17) is 17.3 Å². The van der Waals surface area contributed by atoms with Gasteiger partial charge < -0.3 is 5.73 Å². The molecule has 0 fully saturated rings. The normalized spacial score (nSPS) is 10.8. The fraction of sp³-hybridized carbons (Fsp3) is 0. The summed E-state index contributed by atoms with van der Waals surface area (Å²) in [6.07, 6.45) is 1.72. The predicted octanol–water partition coefficient (Wildman–Crippen LogP) is 4.68. The molecule has 1 aromatic heterocycles. The summed E-state index contributed by atoms with van der Waals surface area (Å²) in [5.74, 6) is -0.318. The Morgan fingerprint density at radius 3 is 2.52 bits per heavy atom. The quantitative estimate of drug-likeness (QED) is 0.716. The van der Waals surface area contributed by atoms with Crippen molar-refractivity contribution >= 4 is 33.2 Å². The minimum atomic E-state index is -0.318. The van der Waals surface area contributed by atoms with Gasteiger partial charge in [0.25, 0.3) is 0 Å². The Morgan fingerprint density at radius 2 is 1.86 bits per heavy atom. The lowest BCUT2D eigenvalue weighted by atomic mass is 10.1. The molecule has 0 saturated heterocycles. The molecule has 0 aliphatic heterocycles. The zero-order chi connectivity index (χ0) is 15.0. The third-order valence-electron chi connectivity index (χ3n) is 3.02. The molecule has 0 amide bonds. The predicted molar refractivity (Wildman–Crippen MR) is 86.1 cm³/mol. The Hall–Kier alpha value is -1.85. The second kappa shape index (κ2) is 5.50. The van der Waals surface area contributed by atoms with Gasteiger partial charge in [0.1, 0.15) is 11.5 Å². The highest BCUT2D eigenvalue weighted by molar-refractivity contribution is 9.10. The number of nitrogen functional groups attached to an aromatic ring is 1. The standard InChI is InChI=1S/C15H10BrClFN3/c16-13-7-10(18)3-6-12(13)15-14(19)8-21(20-15)11-4-1-9(17)2-5-11/h1-8H,19H2. The summed E-state index contributed by atoms with van der Waals surface area (Å²) >= 11 is 9.20. The van der Waals surface area contributed by atoms with Crippen LogP contribution in [0.25, 0.3) is 16.9 Å². The van der Waals surface area contributed by atoms with Crippen molar-refractivity contribution in [3.8, 4) is 16.9 Å². The van der Waals surface area contributed by atoms with Crippen LogP contribution in [0.1, 0.15) is 0 Å². The van der Waals surface area contributed by atoms with Crippen LogP contribution in [0, 0.1) is 5.82 Å². The number of halogens is 3. The van der Waals surface area contributed by atoms with Gasteiger partial charge in [0.15, 0.2) is 0 Å². The molecular formula is C15H10BrClFN3. The molecule has 0 saturated carbocycles. The van der Waals surface area contributed by atoms with Gasteiger partial charge in [-0.05, 0) is 58.4 Å². The third-order valence-corrected chi connectivity index (χ3v) is 3.93. The Balaban J connectivity index is 2.07. The Morgan fingerprint density at radius 1 is 1.14 bits per heavy atom. The lowest BCUT2D eigenvalue weighted by Crippen LogP contribution is -1.94. The first-order chi connectivity index (χ1) is 10.0. The average Bonchev–Trinajstić information content (AvgIpc) is 2.81. The van der Waals surface area contributed by atoms with Crippen LogP contribution in [0.5, 0.6) is 0 Å². The summed E-state index contributed by atoms with van der Waals surface area (Å²) in [4.78, 5) is 0. The summed E-state index contributed by atoms with van der Waals surface area (Å²) < 4.78 is 15.4. The summed E-state index contributed by atoms with van der Waals surface area (Å²) in [6.45, 7) is 0. The zero-order valence-electron chi connectivity index (χ0n) is 10.7. The maximum atomic E-state index is 13.2. The number of aromatic nitrogens is 2. The lowest BCUT2D eigenvalue weighted by Gasteiger charge is -2.03. The Bertz CT molecular complexity index is 799. The van der Waals surface area contributed by atoms with Crippen molar-refractivity contribution in [2.24, 2.45) is 0 Å². The van der Waals surface area contributed by atoms with Crippen molar-refractivity contribution in [3.05, 3.63) is 64.0 Å². The molecule has 0 bridgehead atoms. The van der Waals surface area contributed by atoms with E-state index < -0.39 is 0 Å². The van der Waals surface area contributed by atoms with Gasteiger partial charge in [0.05, 0.1) is 17.6 Å². The number of nitrogens with two attached hydrogens (primary N) is 1. The highest BCUT2D eigenvalue weighted by atomic mass is 79.9. The van der Waals surface area contributed by atoms with Gasteiger partial charge in [-0.15, -0.1) is 0 Å². The molecule has 3 nitrogen and oxygen atoms in total. The van der Waals surface area contributed by atoms with Gasteiger partial charge in [-0.1, -0.05) is 11.6 Å². The maximum absolute atomic E-state index is 13.2. The van der Waals surface area contributed by atoms with Crippen molar-refractivity contribution in [2.45, 2.75) is 0 Å². The van der Waals surface area contributed by atoms with E-state index in [9.17, 15) is 4.39 Å². The van der Waals surface area contributed by atoms with Crippen LogP contribution in [0.15, 0.2) is 53.1 Å². The number of hydrogen-bond acceptors (Lipinski definition) is 2. The first kappa shape index (κ1) is 14.1. The minimum absolute atomic E-state index is 0.318. The van der Waals surface area contributed by atoms with Crippen LogP contribution >= 0.6 is 27.5 Å². The largest absolute Gasteiger partial charge is 0.396 e. The van der Waals surface area contributed by atoms with E-state index >= 15 is 0 Å². The van der Waals surface area contributed by atoms with E-state index in [2.05, 4.69) is 21.0 Å². The van der Waals surface area contributed by atoms with Gasteiger partial charge in [-0.25, -0.2) is 9.07 Å². The summed E-state index contributed by atoms with van der Waals surface area (Å²) in [7, 11) is 0. The third kappa shape index (κ3) is 2.80. The molecule has 2 aromatic carbocycles. The fourth-order valence-corrected chi connectivity index (χ4v) is 2.67. The molecule has 0 unspecified atom stereocenters. The first-order valence-electron chi connectivity index (χ1n) is 6.11. The highest BCUT2D eigenvalue weighted by Gasteiger charge is 2.13. The van der Waals surface area contributed by atoms with E-state index in [0.29, 0.717) is 20.9 Å². The zero-order valence-corrected chi connectivity index (χ0v) is 13.1. The number of rotatable bonds is 2. The van der Waals surface area contributed by atoms with Crippen LogP contribution in [-0.2, 0) is 0 Å². The molecular weight excluding hydrogens is 357 g/mol. The number of anilines is 1. The summed E-state index contributed by atoms with van der Waals surface area (Å²) in [6, 6.07) is 11.7. The molecule has 21 heavy (non-hydrogen) atoms. The monoisotopic (exact) mass is 365 g/mol. The molecule has 106 valence electrons. The van der Waals surface area contributed by atoms with Crippen molar-refractivity contribution in [1.29, 1.82) is 0 Å². The highest BCUT2D eigenvalue weighted by Crippen LogP contribution is 2.32. The van der Waals surface area contributed by atoms with Crippen LogP contribution in [0.2, 0.25) is 5.02 Å². The van der Waals surface area contributed by atoms with Gasteiger partial charge >= 0.3 is 0 Å². The maximum Gasteiger partial charge on any atom is 0.124 e. The van der Waals surface area contributed by atoms with Gasteiger partial charge in [0, 0.05) is 15.1 Å². The van der Waals surface area contributed by atoms with Crippen molar-refractivity contribution in [1.82, 2.24) is 9.78 Å². The van der Waals surface area contributed by atoms with Crippen molar-refractivity contribution < 1.29 is 4.39 Å². The van der Waals surface area contributed by atoms with Crippen LogP contribution in [0.4, 0.5) is 10.1 Å². The van der Waals surface area contributed by atoms with Gasteiger partial charge in [-0.3, -0.25) is 0 Å². The SMILES string of the molecule is Nc1cn(-c2ccc(Cl)cc2)nc1-c1ccc(F)cc1Br. The topological polar surface area (TPSA) is 43.8 Å². The molecule has 6 heteroatoms. The van der Waals surface area contributed by atoms with Crippen LogP contribution < -0.4 is 5.73 Å². The second-order valence-corrected chi connectivity index (χ2v) is 5.77. The van der Waals surface area contributed by atoms with Crippen molar-refractivity contribution in [2.75, 3.05) is 5.73 Å². The fourth-order valence-electron chi connectivity index (χ4n) is 2.00. The van der Waals surface area contributed by atoms with Gasteiger partial charge in [0.2, 0.25) is 0 Å². The van der Waals surface area contributed by atoms with E-state index in [0.717, 1.165) is 11.3 Å². The lowest BCUT2D eigenvalue weighted by molar-refractivity contribution is 0.627. The second-order valence-electron chi connectivity index (χ2n) is 4.48.